The Hall–Kier alpha value is -2.44. The molecule has 1 atom stereocenters. The number of benzene rings is 1. The van der Waals surface area contributed by atoms with Crippen molar-refractivity contribution in [1.29, 1.82) is 0 Å². The molecule has 5 aliphatic rings. The van der Waals surface area contributed by atoms with Gasteiger partial charge in [-0.05, 0) is 93.4 Å². The molecule has 2 aromatic rings. The SMILES string of the molecule is O=C(NC12CC3CC(CC(C3)C1)C2)N1CCCC(c2nc(-c3ccc(F)cc3)no2)C1. The van der Waals surface area contributed by atoms with Crippen molar-refractivity contribution in [3.63, 3.8) is 0 Å². The van der Waals surface area contributed by atoms with Crippen LogP contribution in [0, 0.1) is 23.6 Å². The molecular formula is C24H29FN4O2. The second kappa shape index (κ2) is 7.31. The van der Waals surface area contributed by atoms with Crippen LogP contribution in [-0.2, 0) is 0 Å². The van der Waals surface area contributed by atoms with Gasteiger partial charge in [0.05, 0.1) is 5.92 Å². The number of hydrogen-bond donors (Lipinski definition) is 1. The van der Waals surface area contributed by atoms with Crippen molar-refractivity contribution in [3.05, 3.63) is 36.0 Å². The van der Waals surface area contributed by atoms with E-state index in [4.69, 9.17) is 4.52 Å². The van der Waals surface area contributed by atoms with E-state index in [1.165, 1.54) is 31.4 Å². The lowest BCUT2D eigenvalue weighted by Crippen LogP contribution is -2.62. The molecule has 0 spiro atoms. The maximum Gasteiger partial charge on any atom is 0.317 e. The number of likely N-dealkylation sites (tertiary alicyclic amines) is 1. The van der Waals surface area contributed by atoms with Crippen LogP contribution in [-0.4, -0.2) is 39.7 Å². The van der Waals surface area contributed by atoms with Gasteiger partial charge >= 0.3 is 6.03 Å². The Balaban J connectivity index is 1.13. The Labute approximate surface area is 181 Å². The molecule has 31 heavy (non-hydrogen) atoms. The lowest BCUT2D eigenvalue weighted by Gasteiger charge is -2.57. The minimum absolute atomic E-state index is 0.0268. The fourth-order valence-electron chi connectivity index (χ4n) is 7.05. The third-order valence-electron chi connectivity index (χ3n) is 8.01. The Bertz CT molecular complexity index is 937. The maximum absolute atomic E-state index is 13.2. The van der Waals surface area contributed by atoms with Crippen LogP contribution in [0.5, 0.6) is 0 Å². The van der Waals surface area contributed by atoms with Crippen LogP contribution in [0.15, 0.2) is 28.8 Å². The fraction of sp³-hybridized carbons (Fsp3) is 0.625. The minimum atomic E-state index is -0.291. The predicted octanol–water partition coefficient (Wildman–Crippen LogP) is 4.73. The summed E-state index contributed by atoms with van der Waals surface area (Å²) in [6.07, 6.45) is 9.43. The van der Waals surface area contributed by atoms with Crippen LogP contribution < -0.4 is 5.32 Å². The van der Waals surface area contributed by atoms with Crippen LogP contribution in [0.4, 0.5) is 9.18 Å². The lowest BCUT2D eigenvalue weighted by molar-refractivity contribution is -0.0161. The van der Waals surface area contributed by atoms with Gasteiger partial charge in [0, 0.05) is 24.2 Å². The Morgan fingerprint density at radius 2 is 1.77 bits per heavy atom. The monoisotopic (exact) mass is 424 g/mol. The molecule has 4 bridgehead atoms. The van der Waals surface area contributed by atoms with E-state index >= 15 is 0 Å². The molecule has 1 aromatic heterocycles. The average Bonchev–Trinajstić information content (AvgIpc) is 3.23. The number of nitrogens with one attached hydrogen (secondary N) is 1. The third-order valence-corrected chi connectivity index (χ3v) is 8.01. The van der Waals surface area contributed by atoms with Crippen molar-refractivity contribution in [1.82, 2.24) is 20.4 Å². The van der Waals surface area contributed by atoms with Crippen LogP contribution in [0.2, 0.25) is 0 Å². The summed E-state index contributed by atoms with van der Waals surface area (Å²) in [6.45, 7) is 1.37. The molecule has 6 nitrogen and oxygen atoms in total. The first-order chi connectivity index (χ1) is 15.1. The lowest BCUT2D eigenvalue weighted by atomic mass is 9.53. The summed E-state index contributed by atoms with van der Waals surface area (Å²) >= 11 is 0. The molecule has 4 aliphatic carbocycles. The van der Waals surface area contributed by atoms with Gasteiger partial charge in [0.15, 0.2) is 0 Å². The van der Waals surface area contributed by atoms with Crippen molar-refractivity contribution in [3.8, 4) is 11.4 Å². The van der Waals surface area contributed by atoms with Crippen LogP contribution in [0.1, 0.15) is 63.2 Å². The summed E-state index contributed by atoms with van der Waals surface area (Å²) in [4.78, 5) is 19.7. The number of urea groups is 1. The van der Waals surface area contributed by atoms with Gasteiger partial charge in [0.2, 0.25) is 11.7 Å². The van der Waals surface area contributed by atoms with Gasteiger partial charge in [0.1, 0.15) is 5.82 Å². The summed E-state index contributed by atoms with van der Waals surface area (Å²) < 4.78 is 18.7. The van der Waals surface area contributed by atoms with E-state index < -0.39 is 0 Å². The van der Waals surface area contributed by atoms with Crippen molar-refractivity contribution in [2.45, 2.75) is 62.8 Å². The van der Waals surface area contributed by atoms with Gasteiger partial charge in [-0.1, -0.05) is 5.16 Å². The smallest absolute Gasteiger partial charge is 0.317 e. The highest BCUT2D eigenvalue weighted by atomic mass is 19.1. The minimum Gasteiger partial charge on any atom is -0.339 e. The van der Waals surface area contributed by atoms with Crippen molar-refractivity contribution >= 4 is 6.03 Å². The molecule has 5 fully saturated rings. The number of carbonyl (C=O) groups excluding carboxylic acids is 1. The first kappa shape index (κ1) is 19.3. The topological polar surface area (TPSA) is 71.3 Å². The number of carbonyl (C=O) groups is 1. The van der Waals surface area contributed by atoms with Gasteiger partial charge < -0.3 is 14.7 Å². The van der Waals surface area contributed by atoms with Crippen LogP contribution >= 0.6 is 0 Å². The molecule has 1 unspecified atom stereocenters. The summed E-state index contributed by atoms with van der Waals surface area (Å²) in [6, 6.07) is 6.15. The van der Waals surface area contributed by atoms with E-state index in [9.17, 15) is 9.18 Å². The van der Waals surface area contributed by atoms with Crippen molar-refractivity contribution in [2.75, 3.05) is 13.1 Å². The average molecular weight is 425 g/mol. The van der Waals surface area contributed by atoms with Crippen molar-refractivity contribution < 1.29 is 13.7 Å². The largest absolute Gasteiger partial charge is 0.339 e. The molecule has 4 saturated carbocycles. The van der Waals surface area contributed by atoms with Gasteiger partial charge in [-0.3, -0.25) is 0 Å². The molecule has 1 aliphatic heterocycles. The Kier molecular flexibility index (Phi) is 4.54. The highest BCUT2D eigenvalue weighted by Crippen LogP contribution is 2.55. The number of aromatic nitrogens is 2. The second-order valence-corrected chi connectivity index (χ2v) is 10.4. The molecule has 164 valence electrons. The van der Waals surface area contributed by atoms with Crippen LogP contribution in [0.3, 0.4) is 0 Å². The summed E-state index contributed by atoms with van der Waals surface area (Å²) in [7, 11) is 0. The molecule has 2 heterocycles. The van der Waals surface area contributed by atoms with Crippen LogP contribution in [0.25, 0.3) is 11.4 Å². The number of hydrogen-bond acceptors (Lipinski definition) is 4. The summed E-state index contributed by atoms with van der Waals surface area (Å²) in [5, 5.41) is 7.57. The highest BCUT2D eigenvalue weighted by molar-refractivity contribution is 5.75. The first-order valence-corrected chi connectivity index (χ1v) is 11.7. The fourth-order valence-corrected chi connectivity index (χ4v) is 7.05. The predicted molar refractivity (Wildman–Crippen MR) is 113 cm³/mol. The Morgan fingerprint density at radius 3 is 2.45 bits per heavy atom. The highest BCUT2D eigenvalue weighted by Gasteiger charge is 2.52. The molecule has 7 heteroatoms. The summed E-state index contributed by atoms with van der Waals surface area (Å²) in [5.41, 5.74) is 0.752. The maximum atomic E-state index is 13.2. The Morgan fingerprint density at radius 1 is 1.10 bits per heavy atom. The number of nitrogens with zero attached hydrogens (tertiary/aromatic N) is 3. The zero-order chi connectivity index (χ0) is 21.0. The standard InChI is InChI=1S/C24H29FN4O2/c25-20-5-3-18(4-6-20)21-26-22(31-28-21)19-2-1-7-29(14-19)23(30)27-24-11-15-8-16(12-24)10-17(9-15)13-24/h3-6,15-17,19H,1-2,7-14H2,(H,27,30). The quantitative estimate of drug-likeness (QED) is 0.773. The zero-order valence-electron chi connectivity index (χ0n) is 17.7. The molecule has 1 aromatic carbocycles. The van der Waals surface area contributed by atoms with E-state index in [2.05, 4.69) is 15.5 Å². The third kappa shape index (κ3) is 3.62. The van der Waals surface area contributed by atoms with Gasteiger partial charge in [-0.2, -0.15) is 4.98 Å². The zero-order valence-corrected chi connectivity index (χ0v) is 17.7. The molecule has 0 radical (unpaired) electrons. The van der Waals surface area contributed by atoms with E-state index in [-0.39, 0.29) is 23.3 Å². The molecule has 7 rings (SSSR count). The summed E-state index contributed by atoms with van der Waals surface area (Å²) in [5.74, 6) is 3.20. The number of rotatable bonds is 3. The molecule has 1 saturated heterocycles. The van der Waals surface area contributed by atoms with Gasteiger partial charge in [-0.25, -0.2) is 9.18 Å². The molecule has 1 N–H and O–H groups in total. The first-order valence-electron chi connectivity index (χ1n) is 11.7. The molecular weight excluding hydrogens is 395 g/mol. The van der Waals surface area contributed by atoms with E-state index in [0.717, 1.165) is 62.0 Å². The second-order valence-electron chi connectivity index (χ2n) is 10.4. The number of halogens is 1. The number of piperidine rings is 1. The van der Waals surface area contributed by atoms with Gasteiger partial charge in [0.25, 0.3) is 0 Å². The van der Waals surface area contributed by atoms with E-state index in [1.807, 2.05) is 4.90 Å². The van der Waals surface area contributed by atoms with E-state index in [0.29, 0.717) is 18.3 Å². The van der Waals surface area contributed by atoms with E-state index in [1.54, 1.807) is 12.1 Å². The van der Waals surface area contributed by atoms with Crippen molar-refractivity contribution in [2.24, 2.45) is 17.8 Å². The normalized spacial score (nSPS) is 34.2. The molecule has 2 amide bonds. The van der Waals surface area contributed by atoms with Gasteiger partial charge in [-0.15, -0.1) is 0 Å². The number of amides is 2.